The van der Waals surface area contributed by atoms with E-state index < -0.39 is 0 Å². The summed E-state index contributed by atoms with van der Waals surface area (Å²) in [6, 6.07) is 3.42. The molecule has 1 heterocycles. The van der Waals surface area contributed by atoms with Crippen molar-refractivity contribution in [3.05, 3.63) is 33.4 Å². The van der Waals surface area contributed by atoms with Gasteiger partial charge in [-0.2, -0.15) is 0 Å². The van der Waals surface area contributed by atoms with Crippen molar-refractivity contribution in [3.8, 4) is 5.75 Å². The molecule has 0 saturated heterocycles. The number of rotatable bonds is 0. The second kappa shape index (κ2) is 3.46. The third kappa shape index (κ3) is 1.31. The summed E-state index contributed by atoms with van der Waals surface area (Å²) in [7, 11) is 0. The minimum atomic E-state index is -0.142. The standard InChI is InChI=1S/C9H4Cl3NO/c10-5-4-2-1-3-13-8(4)9(14)7(12)6(5)11/h1-3,14H. The Kier molecular flexibility index (Phi) is 2.43. The molecule has 1 N–H and O–H groups in total. The van der Waals surface area contributed by atoms with Crippen molar-refractivity contribution in [2.75, 3.05) is 0 Å². The molecule has 72 valence electrons. The molecule has 2 nitrogen and oxygen atoms in total. The minimum Gasteiger partial charge on any atom is -0.504 e. The Morgan fingerprint density at radius 1 is 1.07 bits per heavy atom. The van der Waals surface area contributed by atoms with Crippen LogP contribution in [-0.4, -0.2) is 10.1 Å². The predicted octanol–water partition coefficient (Wildman–Crippen LogP) is 3.90. The summed E-state index contributed by atoms with van der Waals surface area (Å²) >= 11 is 17.5. The summed E-state index contributed by atoms with van der Waals surface area (Å²) < 4.78 is 0. The minimum absolute atomic E-state index is 0.0304. The van der Waals surface area contributed by atoms with Gasteiger partial charge < -0.3 is 5.11 Å². The molecule has 1 aromatic carbocycles. The maximum Gasteiger partial charge on any atom is 0.162 e. The van der Waals surface area contributed by atoms with Crippen LogP contribution in [0.5, 0.6) is 5.75 Å². The number of phenols is 1. The van der Waals surface area contributed by atoms with Gasteiger partial charge in [-0.3, -0.25) is 4.98 Å². The van der Waals surface area contributed by atoms with E-state index in [1.54, 1.807) is 18.3 Å². The van der Waals surface area contributed by atoms with E-state index in [0.29, 0.717) is 15.9 Å². The molecule has 0 radical (unpaired) electrons. The molecule has 2 rings (SSSR count). The van der Waals surface area contributed by atoms with Crippen molar-refractivity contribution in [3.63, 3.8) is 0 Å². The largest absolute Gasteiger partial charge is 0.504 e. The second-order valence-electron chi connectivity index (χ2n) is 2.69. The molecule has 0 fully saturated rings. The molecule has 0 saturated carbocycles. The zero-order chi connectivity index (χ0) is 10.3. The van der Waals surface area contributed by atoms with Crippen molar-refractivity contribution in [1.29, 1.82) is 0 Å². The Balaban J connectivity index is 3.02. The number of aromatic nitrogens is 1. The highest BCUT2D eigenvalue weighted by molar-refractivity contribution is 6.51. The first-order valence-corrected chi connectivity index (χ1v) is 4.86. The van der Waals surface area contributed by atoms with E-state index in [0.717, 1.165) is 0 Å². The number of hydrogen-bond acceptors (Lipinski definition) is 2. The number of fused-ring (bicyclic) bond motifs is 1. The summed E-state index contributed by atoms with van der Waals surface area (Å²) in [6.07, 6.45) is 1.54. The van der Waals surface area contributed by atoms with Gasteiger partial charge in [0, 0.05) is 11.6 Å². The number of pyridine rings is 1. The van der Waals surface area contributed by atoms with E-state index in [9.17, 15) is 5.11 Å². The maximum absolute atomic E-state index is 9.63. The van der Waals surface area contributed by atoms with Gasteiger partial charge >= 0.3 is 0 Å². The molecule has 0 aliphatic carbocycles. The molecule has 0 atom stereocenters. The fourth-order valence-electron chi connectivity index (χ4n) is 1.19. The van der Waals surface area contributed by atoms with E-state index in [2.05, 4.69) is 4.98 Å². The lowest BCUT2D eigenvalue weighted by Gasteiger charge is -2.06. The lowest BCUT2D eigenvalue weighted by atomic mass is 10.2. The first-order chi connectivity index (χ1) is 6.63. The van der Waals surface area contributed by atoms with Crippen molar-refractivity contribution < 1.29 is 5.11 Å². The number of aromatic hydroxyl groups is 1. The molecule has 0 aliphatic heterocycles. The molecule has 2 aromatic rings. The Labute approximate surface area is 95.0 Å². The van der Waals surface area contributed by atoms with E-state index in [4.69, 9.17) is 34.8 Å². The van der Waals surface area contributed by atoms with E-state index in [1.165, 1.54) is 0 Å². The van der Waals surface area contributed by atoms with Gasteiger partial charge in [-0.05, 0) is 12.1 Å². The average molecular weight is 248 g/mol. The molecule has 0 bridgehead atoms. The van der Waals surface area contributed by atoms with E-state index >= 15 is 0 Å². The summed E-state index contributed by atoms with van der Waals surface area (Å²) in [5, 5.41) is 10.7. The highest BCUT2D eigenvalue weighted by Crippen LogP contribution is 2.42. The van der Waals surface area contributed by atoms with Gasteiger partial charge in [0.15, 0.2) is 5.75 Å². The molecule has 1 aromatic heterocycles. The van der Waals surface area contributed by atoms with E-state index in [1.807, 2.05) is 0 Å². The highest BCUT2D eigenvalue weighted by Gasteiger charge is 2.15. The molecular weight excluding hydrogens is 244 g/mol. The van der Waals surface area contributed by atoms with E-state index in [-0.39, 0.29) is 15.8 Å². The van der Waals surface area contributed by atoms with Crippen molar-refractivity contribution in [2.24, 2.45) is 0 Å². The van der Waals surface area contributed by atoms with Crippen LogP contribution in [0, 0.1) is 0 Å². The lowest BCUT2D eigenvalue weighted by Crippen LogP contribution is -1.83. The molecular formula is C9H4Cl3NO. The molecule has 0 aliphatic rings. The van der Waals surface area contributed by atoms with Gasteiger partial charge in [0.1, 0.15) is 10.5 Å². The Hall–Kier alpha value is -0.700. The van der Waals surface area contributed by atoms with Crippen LogP contribution in [0.15, 0.2) is 18.3 Å². The summed E-state index contributed by atoms with van der Waals surface area (Å²) in [4.78, 5) is 3.97. The van der Waals surface area contributed by atoms with Gasteiger partial charge in [0.05, 0.1) is 10.0 Å². The molecule has 0 spiro atoms. The fourth-order valence-corrected chi connectivity index (χ4v) is 1.86. The highest BCUT2D eigenvalue weighted by atomic mass is 35.5. The second-order valence-corrected chi connectivity index (χ2v) is 3.82. The zero-order valence-electron chi connectivity index (χ0n) is 6.76. The number of nitrogens with zero attached hydrogens (tertiary/aromatic N) is 1. The van der Waals surface area contributed by atoms with Crippen molar-refractivity contribution >= 4 is 45.7 Å². The van der Waals surface area contributed by atoms with Crippen LogP contribution >= 0.6 is 34.8 Å². The Bertz CT molecular complexity index is 466. The Morgan fingerprint density at radius 3 is 2.50 bits per heavy atom. The van der Waals surface area contributed by atoms with Gasteiger partial charge in [-0.25, -0.2) is 0 Å². The fraction of sp³-hybridized carbons (Fsp3) is 0. The number of halogens is 3. The Morgan fingerprint density at radius 2 is 1.79 bits per heavy atom. The third-order valence-corrected chi connectivity index (χ3v) is 3.19. The summed E-state index contributed by atoms with van der Waals surface area (Å²) in [5.41, 5.74) is 0.354. The van der Waals surface area contributed by atoms with Gasteiger partial charge in [0.25, 0.3) is 0 Å². The predicted molar refractivity (Wildman–Crippen MR) is 58.4 cm³/mol. The molecule has 0 unspecified atom stereocenters. The van der Waals surface area contributed by atoms with Gasteiger partial charge in [0.2, 0.25) is 0 Å². The molecule has 5 heteroatoms. The van der Waals surface area contributed by atoms with Crippen LogP contribution in [0.25, 0.3) is 10.9 Å². The van der Waals surface area contributed by atoms with Crippen LogP contribution in [0.4, 0.5) is 0 Å². The summed E-state index contributed by atoms with van der Waals surface area (Å²) in [6.45, 7) is 0. The molecule has 14 heavy (non-hydrogen) atoms. The number of phenolic OH excluding ortho intramolecular Hbond substituents is 1. The monoisotopic (exact) mass is 247 g/mol. The first-order valence-electron chi connectivity index (χ1n) is 3.73. The first kappa shape index (κ1) is 9.84. The van der Waals surface area contributed by atoms with Crippen LogP contribution in [0.3, 0.4) is 0 Å². The van der Waals surface area contributed by atoms with Crippen molar-refractivity contribution in [1.82, 2.24) is 4.98 Å². The van der Waals surface area contributed by atoms with Gasteiger partial charge in [-0.15, -0.1) is 0 Å². The maximum atomic E-state index is 9.63. The zero-order valence-corrected chi connectivity index (χ0v) is 9.03. The third-order valence-electron chi connectivity index (χ3n) is 1.86. The van der Waals surface area contributed by atoms with Crippen LogP contribution in [-0.2, 0) is 0 Å². The SMILES string of the molecule is Oc1c(Cl)c(Cl)c(Cl)c2cccnc12. The van der Waals surface area contributed by atoms with Crippen molar-refractivity contribution in [2.45, 2.75) is 0 Å². The normalized spacial score (nSPS) is 10.8. The molecule has 0 amide bonds. The topological polar surface area (TPSA) is 33.1 Å². The van der Waals surface area contributed by atoms with Crippen LogP contribution in [0.1, 0.15) is 0 Å². The summed E-state index contributed by atoms with van der Waals surface area (Å²) in [5.74, 6) is -0.142. The average Bonchev–Trinajstić information content (AvgIpc) is 2.23. The number of hydrogen-bond donors (Lipinski definition) is 1. The number of benzene rings is 1. The quantitative estimate of drug-likeness (QED) is 0.717. The van der Waals surface area contributed by atoms with Crippen LogP contribution in [0.2, 0.25) is 15.1 Å². The van der Waals surface area contributed by atoms with Crippen LogP contribution < -0.4 is 0 Å². The smallest absolute Gasteiger partial charge is 0.162 e. The lowest BCUT2D eigenvalue weighted by molar-refractivity contribution is 0.480. The van der Waals surface area contributed by atoms with Gasteiger partial charge in [-0.1, -0.05) is 34.8 Å².